The van der Waals surface area contributed by atoms with Gasteiger partial charge in [0.1, 0.15) is 0 Å². The predicted octanol–water partition coefficient (Wildman–Crippen LogP) is 3.23. The lowest BCUT2D eigenvalue weighted by molar-refractivity contribution is -0.133. The van der Waals surface area contributed by atoms with E-state index in [0.717, 1.165) is 43.4 Å². The highest BCUT2D eigenvalue weighted by atomic mass is 35.5. The lowest BCUT2D eigenvalue weighted by Gasteiger charge is -2.34. The molecule has 0 N–H and O–H groups in total. The van der Waals surface area contributed by atoms with Crippen LogP contribution in [-0.2, 0) is 17.9 Å². The Balaban J connectivity index is 1.44. The lowest BCUT2D eigenvalue weighted by atomic mass is 10.2. The van der Waals surface area contributed by atoms with Crippen molar-refractivity contribution < 1.29 is 4.79 Å². The summed E-state index contributed by atoms with van der Waals surface area (Å²) >= 11 is 12.0. The zero-order valence-corrected chi connectivity index (χ0v) is 15.8. The molecule has 1 aliphatic rings. The van der Waals surface area contributed by atoms with Crippen molar-refractivity contribution in [2.75, 3.05) is 26.2 Å². The zero-order chi connectivity index (χ0) is 17.8. The number of piperazine rings is 1. The van der Waals surface area contributed by atoms with Gasteiger partial charge in [-0.05, 0) is 24.6 Å². The summed E-state index contributed by atoms with van der Waals surface area (Å²) < 4.78 is 1.74. The van der Waals surface area contributed by atoms with Gasteiger partial charge in [-0.25, -0.2) is 0 Å². The van der Waals surface area contributed by atoms with Crippen molar-refractivity contribution in [3.63, 3.8) is 0 Å². The van der Waals surface area contributed by atoms with Gasteiger partial charge in [0.25, 0.3) is 0 Å². The molecule has 1 amide bonds. The van der Waals surface area contributed by atoms with Gasteiger partial charge in [-0.1, -0.05) is 35.3 Å². The number of amides is 1. The second-order valence-electron chi connectivity index (χ2n) is 6.36. The molecule has 1 saturated heterocycles. The maximum absolute atomic E-state index is 12.4. The second kappa shape index (κ2) is 8.21. The van der Waals surface area contributed by atoms with Gasteiger partial charge >= 0.3 is 0 Å². The van der Waals surface area contributed by atoms with Crippen molar-refractivity contribution in [2.45, 2.75) is 26.4 Å². The van der Waals surface area contributed by atoms with Gasteiger partial charge in [0, 0.05) is 56.9 Å². The Hall–Kier alpha value is -1.56. The Morgan fingerprint density at radius 2 is 1.96 bits per heavy atom. The predicted molar refractivity (Wildman–Crippen MR) is 99.9 cm³/mol. The third-order valence-corrected chi connectivity index (χ3v) is 5.07. The number of halogens is 2. The summed E-state index contributed by atoms with van der Waals surface area (Å²) in [6, 6.07) is 7.94. The number of aryl methyl sites for hydroxylation is 2. The van der Waals surface area contributed by atoms with Crippen molar-refractivity contribution >= 4 is 29.1 Å². The SMILES string of the molecule is Cc1nn(CCC(=O)N2CCN(Cc3cccc(Cl)c3)CC2)cc1Cl. The number of hydrogen-bond acceptors (Lipinski definition) is 3. The molecule has 0 radical (unpaired) electrons. The maximum atomic E-state index is 12.4. The molecule has 0 aliphatic carbocycles. The Bertz CT molecular complexity index is 719. The van der Waals surface area contributed by atoms with Crippen molar-refractivity contribution in [3.05, 3.63) is 51.8 Å². The van der Waals surface area contributed by atoms with Crippen LogP contribution in [0, 0.1) is 6.92 Å². The van der Waals surface area contributed by atoms with Crippen LogP contribution >= 0.6 is 23.2 Å². The van der Waals surface area contributed by atoms with E-state index in [4.69, 9.17) is 23.2 Å². The monoisotopic (exact) mass is 380 g/mol. The molecule has 1 fully saturated rings. The van der Waals surface area contributed by atoms with Gasteiger partial charge in [-0.2, -0.15) is 5.10 Å². The first-order chi connectivity index (χ1) is 12.0. The van der Waals surface area contributed by atoms with E-state index in [2.05, 4.69) is 16.1 Å². The van der Waals surface area contributed by atoms with Crippen LogP contribution in [0.4, 0.5) is 0 Å². The Kier molecular flexibility index (Phi) is 5.99. The smallest absolute Gasteiger partial charge is 0.224 e. The molecule has 1 aromatic heterocycles. The van der Waals surface area contributed by atoms with Crippen LogP contribution < -0.4 is 0 Å². The Morgan fingerprint density at radius 3 is 2.60 bits per heavy atom. The highest BCUT2D eigenvalue weighted by Crippen LogP contribution is 2.15. The molecule has 134 valence electrons. The molecule has 0 atom stereocenters. The molecular weight excluding hydrogens is 359 g/mol. The van der Waals surface area contributed by atoms with Crippen LogP contribution in [-0.4, -0.2) is 51.7 Å². The quantitative estimate of drug-likeness (QED) is 0.799. The maximum Gasteiger partial charge on any atom is 0.224 e. The minimum atomic E-state index is 0.173. The van der Waals surface area contributed by atoms with Crippen LogP contribution in [0.25, 0.3) is 0 Å². The molecule has 3 rings (SSSR count). The van der Waals surface area contributed by atoms with E-state index >= 15 is 0 Å². The average Bonchev–Trinajstić information content (AvgIpc) is 2.91. The number of aromatic nitrogens is 2. The molecule has 1 aliphatic heterocycles. The molecule has 2 aromatic rings. The first-order valence-electron chi connectivity index (χ1n) is 8.45. The summed E-state index contributed by atoms with van der Waals surface area (Å²) in [5.74, 6) is 0.173. The van der Waals surface area contributed by atoms with Crippen LogP contribution in [0.3, 0.4) is 0 Å². The second-order valence-corrected chi connectivity index (χ2v) is 7.21. The summed E-state index contributed by atoms with van der Waals surface area (Å²) in [6.07, 6.45) is 2.22. The van der Waals surface area contributed by atoms with Crippen molar-refractivity contribution in [2.24, 2.45) is 0 Å². The molecular formula is C18H22Cl2N4O. The van der Waals surface area contributed by atoms with Crippen LogP contribution in [0.5, 0.6) is 0 Å². The highest BCUT2D eigenvalue weighted by molar-refractivity contribution is 6.31. The van der Waals surface area contributed by atoms with Crippen molar-refractivity contribution in [1.82, 2.24) is 19.6 Å². The molecule has 0 spiro atoms. The molecule has 5 nitrogen and oxygen atoms in total. The van der Waals surface area contributed by atoms with E-state index < -0.39 is 0 Å². The standard InChI is InChI=1S/C18H22Cl2N4O/c1-14-17(20)13-24(21-14)6-5-18(25)23-9-7-22(8-10-23)12-15-3-2-4-16(19)11-15/h2-4,11,13H,5-10,12H2,1H3. The van der Waals surface area contributed by atoms with E-state index in [-0.39, 0.29) is 5.91 Å². The fraction of sp³-hybridized carbons (Fsp3) is 0.444. The summed E-state index contributed by atoms with van der Waals surface area (Å²) in [5, 5.41) is 5.69. The number of nitrogens with zero attached hydrogens (tertiary/aromatic N) is 4. The van der Waals surface area contributed by atoms with Gasteiger partial charge in [0.2, 0.25) is 5.91 Å². The van der Waals surface area contributed by atoms with Gasteiger partial charge in [-0.15, -0.1) is 0 Å². The number of carbonyl (C=O) groups excluding carboxylic acids is 1. The molecule has 2 heterocycles. The minimum absolute atomic E-state index is 0.173. The van der Waals surface area contributed by atoms with Crippen LogP contribution in [0.15, 0.2) is 30.5 Å². The fourth-order valence-electron chi connectivity index (χ4n) is 3.03. The molecule has 0 saturated carbocycles. The lowest BCUT2D eigenvalue weighted by Crippen LogP contribution is -2.48. The van der Waals surface area contributed by atoms with E-state index in [9.17, 15) is 4.79 Å². The van der Waals surface area contributed by atoms with E-state index in [1.807, 2.05) is 30.0 Å². The number of rotatable bonds is 5. The fourth-order valence-corrected chi connectivity index (χ4v) is 3.39. The van der Waals surface area contributed by atoms with E-state index in [1.54, 1.807) is 10.9 Å². The highest BCUT2D eigenvalue weighted by Gasteiger charge is 2.21. The average molecular weight is 381 g/mol. The Labute approximate surface area is 158 Å². The van der Waals surface area contributed by atoms with Crippen molar-refractivity contribution in [1.29, 1.82) is 0 Å². The summed E-state index contributed by atoms with van der Waals surface area (Å²) in [7, 11) is 0. The number of carbonyl (C=O) groups is 1. The first-order valence-corrected chi connectivity index (χ1v) is 9.21. The molecule has 0 unspecified atom stereocenters. The first kappa shape index (κ1) is 18.2. The number of hydrogen-bond donors (Lipinski definition) is 0. The van der Waals surface area contributed by atoms with Gasteiger partial charge in [-0.3, -0.25) is 14.4 Å². The van der Waals surface area contributed by atoms with Crippen LogP contribution in [0.2, 0.25) is 10.0 Å². The molecule has 1 aromatic carbocycles. The Morgan fingerprint density at radius 1 is 1.20 bits per heavy atom. The third kappa shape index (κ3) is 4.97. The topological polar surface area (TPSA) is 41.4 Å². The van der Waals surface area contributed by atoms with E-state index in [0.29, 0.717) is 18.0 Å². The van der Waals surface area contributed by atoms with Gasteiger partial charge < -0.3 is 4.90 Å². The van der Waals surface area contributed by atoms with Gasteiger partial charge in [0.15, 0.2) is 0 Å². The van der Waals surface area contributed by atoms with Crippen LogP contribution in [0.1, 0.15) is 17.7 Å². The zero-order valence-electron chi connectivity index (χ0n) is 14.3. The normalized spacial score (nSPS) is 15.6. The number of benzene rings is 1. The molecule has 25 heavy (non-hydrogen) atoms. The third-order valence-electron chi connectivity index (χ3n) is 4.46. The summed E-state index contributed by atoms with van der Waals surface area (Å²) in [4.78, 5) is 16.7. The van der Waals surface area contributed by atoms with Gasteiger partial charge in [0.05, 0.1) is 10.7 Å². The van der Waals surface area contributed by atoms with Crippen molar-refractivity contribution in [3.8, 4) is 0 Å². The summed E-state index contributed by atoms with van der Waals surface area (Å²) in [5.41, 5.74) is 2.00. The minimum Gasteiger partial charge on any atom is -0.340 e. The summed E-state index contributed by atoms with van der Waals surface area (Å²) in [6.45, 7) is 6.58. The molecule has 0 bridgehead atoms. The largest absolute Gasteiger partial charge is 0.340 e. The molecule has 7 heteroatoms. The van der Waals surface area contributed by atoms with E-state index in [1.165, 1.54) is 5.56 Å².